The normalized spacial score (nSPS) is 19.2. The van der Waals surface area contributed by atoms with Crippen LogP contribution in [0.3, 0.4) is 0 Å². The predicted octanol–water partition coefficient (Wildman–Crippen LogP) is 6.22. The molecule has 0 aromatic heterocycles. The summed E-state index contributed by atoms with van der Waals surface area (Å²) in [5, 5.41) is 0. The van der Waals surface area contributed by atoms with Crippen LogP contribution in [0.5, 0.6) is 0 Å². The molecule has 7 atom stereocenters. The Morgan fingerprint density at radius 3 is 0.855 bits per heavy atom. The summed E-state index contributed by atoms with van der Waals surface area (Å²) < 4.78 is 142. The van der Waals surface area contributed by atoms with Crippen molar-refractivity contribution >= 4 is 77.0 Å². The summed E-state index contributed by atoms with van der Waals surface area (Å²) in [5.74, 6) is -8.87. The lowest BCUT2D eigenvalue weighted by Gasteiger charge is -2.48. The summed E-state index contributed by atoms with van der Waals surface area (Å²) in [7, 11) is -16.5. The fraction of sp³-hybridized carbons (Fsp3) is 0.791. The van der Waals surface area contributed by atoms with Crippen molar-refractivity contribution < 1.29 is 140 Å². The molecule has 1 unspecified atom stereocenters. The molecule has 0 saturated heterocycles. The average molecular weight is 1160 g/mol. The molecular formula is C43H71O30P3. The number of carbonyl (C=O) groups is 9. The Hall–Kier alpha value is -4.44. The van der Waals surface area contributed by atoms with E-state index in [9.17, 15) is 52.3 Å². The summed E-state index contributed by atoms with van der Waals surface area (Å²) in [5.41, 5.74) is 0. The molecule has 1 fully saturated rings. The number of phosphoric acid groups is 2. The predicted molar refractivity (Wildman–Crippen MR) is 251 cm³/mol. The topological polar surface area (TPSA) is 371 Å². The zero-order chi connectivity index (χ0) is 57.3. The van der Waals surface area contributed by atoms with Gasteiger partial charge in [0.05, 0.1) is 0 Å². The lowest BCUT2D eigenvalue weighted by molar-refractivity contribution is -0.242. The molecule has 1 aliphatic carbocycles. The molecule has 0 aromatic rings. The van der Waals surface area contributed by atoms with Gasteiger partial charge in [-0.1, -0.05) is 62.3 Å². The van der Waals surface area contributed by atoms with Crippen LogP contribution in [0.15, 0.2) is 0 Å². The summed E-state index contributed by atoms with van der Waals surface area (Å²) in [6, 6.07) is 0. The molecule has 438 valence electrons. The third-order valence-corrected chi connectivity index (χ3v) is 13.6. The maximum Gasteiger partial charge on any atom is 0.481 e. The lowest BCUT2D eigenvalue weighted by atomic mass is 9.84. The van der Waals surface area contributed by atoms with Crippen molar-refractivity contribution in [2.75, 3.05) is 47.1 Å². The first kappa shape index (κ1) is 69.6. The molecule has 1 saturated carbocycles. The van der Waals surface area contributed by atoms with Crippen molar-refractivity contribution in [1.29, 1.82) is 0 Å². The van der Waals surface area contributed by atoms with E-state index >= 15 is 4.57 Å². The molecule has 76 heavy (non-hydrogen) atoms. The zero-order valence-corrected chi connectivity index (χ0v) is 46.7. The number of hydrogen-bond donors (Lipinski definition) is 0. The summed E-state index contributed by atoms with van der Waals surface area (Å²) in [6.45, 7) is 6.00. The third-order valence-electron chi connectivity index (χ3n) is 9.37. The van der Waals surface area contributed by atoms with Crippen LogP contribution in [0.4, 0.5) is 0 Å². The minimum absolute atomic E-state index is 0.0424. The minimum atomic E-state index is -5.64. The maximum atomic E-state index is 15.1. The van der Waals surface area contributed by atoms with Gasteiger partial charge in [-0.3, -0.25) is 65.8 Å². The molecule has 0 spiro atoms. The smallest absolute Gasteiger partial charge is 0.456 e. The molecule has 33 heteroatoms. The van der Waals surface area contributed by atoms with Gasteiger partial charge >= 0.3 is 77.0 Å². The second-order valence-electron chi connectivity index (χ2n) is 15.2. The van der Waals surface area contributed by atoms with E-state index in [1.807, 2.05) is 0 Å². The Labute approximate surface area is 439 Å². The van der Waals surface area contributed by atoms with Gasteiger partial charge in [0.1, 0.15) is 18.3 Å². The van der Waals surface area contributed by atoms with Gasteiger partial charge in [-0.05, 0) is 19.3 Å². The first-order valence-corrected chi connectivity index (χ1v) is 28.9. The van der Waals surface area contributed by atoms with Crippen LogP contribution in [-0.2, 0) is 140 Å². The number of esters is 9. The third kappa shape index (κ3) is 26.7. The number of rotatable bonds is 40. The SMILES string of the molecule is CCCC(=O)O[C@@H]1[C@H](OC(=O)CCC)[C@@H](OP(=O)(OCOC(=O)CC)OCOC(=O)CC)[C@H](OC(=O)CCC)[C@@H](OP(=O)(OCOC(=O)CC)OCOC(=O)CC)[C@@H]1OP(=O)(COCOC(=O)CC)OCOC(=O)CC. The summed E-state index contributed by atoms with van der Waals surface area (Å²) >= 11 is 0. The van der Waals surface area contributed by atoms with E-state index < -0.39 is 180 Å². The van der Waals surface area contributed by atoms with Crippen molar-refractivity contribution in [3.63, 3.8) is 0 Å². The Balaban J connectivity index is 4.73. The van der Waals surface area contributed by atoms with E-state index in [4.69, 9.17) is 83.6 Å². The summed E-state index contributed by atoms with van der Waals surface area (Å²) in [4.78, 5) is 115. The van der Waals surface area contributed by atoms with Gasteiger partial charge in [-0.25, -0.2) is 27.2 Å². The van der Waals surface area contributed by atoms with Crippen LogP contribution in [0.25, 0.3) is 0 Å². The molecule has 1 aliphatic rings. The fourth-order valence-corrected chi connectivity index (χ4v) is 9.09. The minimum Gasteiger partial charge on any atom is -0.456 e. The van der Waals surface area contributed by atoms with Crippen molar-refractivity contribution in [3.05, 3.63) is 0 Å². The fourth-order valence-electron chi connectivity index (χ4n) is 5.57. The van der Waals surface area contributed by atoms with E-state index in [1.54, 1.807) is 13.8 Å². The molecule has 0 radical (unpaired) electrons. The van der Waals surface area contributed by atoms with Gasteiger partial charge in [-0.2, -0.15) is 0 Å². The van der Waals surface area contributed by atoms with Crippen molar-refractivity contribution in [1.82, 2.24) is 0 Å². The molecule has 0 heterocycles. The Kier molecular flexibility index (Phi) is 34.2. The van der Waals surface area contributed by atoms with E-state index in [1.165, 1.54) is 48.5 Å². The molecule has 0 N–H and O–H groups in total. The number of phosphoric ester groups is 2. The first-order chi connectivity index (χ1) is 36.0. The van der Waals surface area contributed by atoms with Gasteiger partial charge in [0.15, 0.2) is 31.5 Å². The lowest BCUT2D eigenvalue weighted by Crippen LogP contribution is -2.68. The van der Waals surface area contributed by atoms with Crippen LogP contribution < -0.4 is 0 Å². The number of carbonyl (C=O) groups excluding carboxylic acids is 9. The quantitative estimate of drug-likeness (QED) is 0.0216. The van der Waals surface area contributed by atoms with Gasteiger partial charge in [-0.15, -0.1) is 0 Å². The van der Waals surface area contributed by atoms with E-state index in [0.29, 0.717) is 0 Å². The molecule has 0 bridgehead atoms. The van der Waals surface area contributed by atoms with Crippen molar-refractivity contribution in [2.24, 2.45) is 0 Å². The largest absolute Gasteiger partial charge is 0.481 e. The Morgan fingerprint density at radius 1 is 0.316 bits per heavy atom. The van der Waals surface area contributed by atoms with E-state index in [0.717, 1.165) is 0 Å². The van der Waals surface area contributed by atoms with Crippen LogP contribution in [-0.4, -0.2) is 137 Å². The average Bonchev–Trinajstić information content (AvgIpc) is 3.38. The van der Waals surface area contributed by atoms with Gasteiger partial charge in [0.25, 0.3) is 0 Å². The molecule has 0 amide bonds. The van der Waals surface area contributed by atoms with Crippen molar-refractivity contribution in [2.45, 2.75) is 176 Å². The van der Waals surface area contributed by atoms with E-state index in [2.05, 4.69) is 0 Å². The highest BCUT2D eigenvalue weighted by Crippen LogP contribution is 2.59. The molecular weight excluding hydrogens is 1090 g/mol. The zero-order valence-electron chi connectivity index (χ0n) is 44.0. The molecule has 0 aliphatic heterocycles. The van der Waals surface area contributed by atoms with Crippen molar-refractivity contribution in [3.8, 4) is 0 Å². The first-order valence-electron chi connectivity index (χ1n) is 24.2. The highest BCUT2D eigenvalue weighted by Gasteiger charge is 2.63. The van der Waals surface area contributed by atoms with Crippen LogP contribution in [0.2, 0.25) is 0 Å². The van der Waals surface area contributed by atoms with Gasteiger partial charge in [0, 0.05) is 57.8 Å². The van der Waals surface area contributed by atoms with Crippen LogP contribution in [0, 0.1) is 0 Å². The number of ether oxygens (including phenoxy) is 10. The second-order valence-corrected chi connectivity index (χ2v) is 20.4. The van der Waals surface area contributed by atoms with Crippen LogP contribution >= 0.6 is 23.2 Å². The Bertz CT molecular complexity index is 1960. The highest BCUT2D eigenvalue weighted by molar-refractivity contribution is 7.53. The standard InChI is InChI=1S/C43H71O30P3/c1-10-19-35(50)68-38-39(69-36(51)20-11-2)42(71-74(53,63-23-58-30(45)14-5)28-56-22-57-29(44)13-4)43(73-76(55,66-26-61-33(48)17-8)67-27-62-34(49)18-9)40(70-37(52)21-12-3)41(38)72-75(54,64-24-59-31(46)15-6)65-25-60-32(47)16-7/h38-43H,10-28H2,1-9H3/t38-,39+,40-,41+,42+,43+,74?/m0/s1. The maximum absolute atomic E-state index is 15.1. The monoisotopic (exact) mass is 1160 g/mol. The Morgan fingerprint density at radius 2 is 0.566 bits per heavy atom. The van der Waals surface area contributed by atoms with Gasteiger partial charge in [0.2, 0.25) is 34.0 Å². The highest BCUT2D eigenvalue weighted by atomic mass is 31.2. The molecule has 1 rings (SSSR count). The van der Waals surface area contributed by atoms with Gasteiger partial charge < -0.3 is 47.4 Å². The van der Waals surface area contributed by atoms with E-state index in [-0.39, 0.29) is 57.8 Å². The molecule has 30 nitrogen and oxygen atoms in total. The van der Waals surface area contributed by atoms with Crippen LogP contribution in [0.1, 0.15) is 139 Å². The molecule has 0 aromatic carbocycles. The summed E-state index contributed by atoms with van der Waals surface area (Å²) in [6.07, 6.45) is -18.6. The second kappa shape index (κ2) is 37.4. The number of hydrogen-bond acceptors (Lipinski definition) is 30.